The first-order valence-corrected chi connectivity index (χ1v) is 3.86. The third kappa shape index (κ3) is 2.00. The SMILES string of the molecule is O=C(O)[C@@H](O)c1c(F)cc(Cl)cc1F. The highest BCUT2D eigenvalue weighted by Gasteiger charge is 2.24. The van der Waals surface area contributed by atoms with E-state index in [1.54, 1.807) is 0 Å². The number of hydrogen-bond acceptors (Lipinski definition) is 2. The molecule has 0 saturated heterocycles. The molecule has 0 unspecified atom stereocenters. The van der Waals surface area contributed by atoms with Crippen molar-refractivity contribution in [3.05, 3.63) is 34.4 Å². The average Bonchev–Trinajstić information content (AvgIpc) is 2.01. The number of halogens is 3. The second-order valence-electron chi connectivity index (χ2n) is 2.52. The highest BCUT2D eigenvalue weighted by Crippen LogP contribution is 2.24. The lowest BCUT2D eigenvalue weighted by atomic mass is 10.1. The number of rotatable bonds is 2. The Morgan fingerprint density at radius 2 is 1.79 bits per heavy atom. The van der Waals surface area contributed by atoms with Crippen LogP contribution >= 0.6 is 11.6 Å². The van der Waals surface area contributed by atoms with Crippen LogP contribution in [-0.2, 0) is 4.79 Å². The molecule has 0 aliphatic heterocycles. The standard InChI is InChI=1S/C8H5ClF2O3/c9-3-1-4(10)6(5(11)2-3)7(12)8(13)14/h1-2,7,12H,(H,13,14)/t7-/m0/s1. The van der Waals surface area contributed by atoms with Crippen molar-refractivity contribution in [2.45, 2.75) is 6.10 Å². The van der Waals surface area contributed by atoms with Crippen LogP contribution in [0.5, 0.6) is 0 Å². The van der Waals surface area contributed by atoms with Gasteiger partial charge in [0.05, 0.1) is 5.56 Å². The molecule has 1 atom stereocenters. The molecule has 0 fully saturated rings. The summed E-state index contributed by atoms with van der Waals surface area (Å²) in [5.74, 6) is -4.11. The molecule has 0 saturated carbocycles. The number of aliphatic hydroxyl groups is 1. The molecule has 3 nitrogen and oxygen atoms in total. The van der Waals surface area contributed by atoms with Crippen LogP contribution in [0.15, 0.2) is 12.1 Å². The van der Waals surface area contributed by atoms with Gasteiger partial charge in [-0.3, -0.25) is 0 Å². The van der Waals surface area contributed by atoms with Crippen LogP contribution in [0.1, 0.15) is 11.7 Å². The maximum absolute atomic E-state index is 13.0. The van der Waals surface area contributed by atoms with E-state index in [1.165, 1.54) is 0 Å². The van der Waals surface area contributed by atoms with Crippen LogP contribution in [-0.4, -0.2) is 16.2 Å². The van der Waals surface area contributed by atoms with Crippen LogP contribution in [0.2, 0.25) is 5.02 Å². The van der Waals surface area contributed by atoms with Crippen LogP contribution in [0, 0.1) is 11.6 Å². The molecule has 76 valence electrons. The number of hydrogen-bond donors (Lipinski definition) is 2. The van der Waals surface area contributed by atoms with Crippen molar-refractivity contribution in [3.63, 3.8) is 0 Å². The zero-order valence-corrected chi connectivity index (χ0v) is 7.42. The van der Waals surface area contributed by atoms with E-state index in [1.807, 2.05) is 0 Å². The Hall–Kier alpha value is -1.20. The van der Waals surface area contributed by atoms with Crippen molar-refractivity contribution in [1.29, 1.82) is 0 Å². The van der Waals surface area contributed by atoms with Crippen molar-refractivity contribution < 1.29 is 23.8 Å². The minimum Gasteiger partial charge on any atom is -0.479 e. The van der Waals surface area contributed by atoms with Crippen molar-refractivity contribution in [2.24, 2.45) is 0 Å². The number of carboxylic acids is 1. The number of carboxylic acid groups (broad SMARTS) is 1. The number of benzene rings is 1. The zero-order chi connectivity index (χ0) is 10.9. The lowest BCUT2D eigenvalue weighted by molar-refractivity contribution is -0.147. The predicted molar refractivity (Wildman–Crippen MR) is 44.0 cm³/mol. The van der Waals surface area contributed by atoms with Gasteiger partial charge in [0.15, 0.2) is 6.10 Å². The lowest BCUT2D eigenvalue weighted by Crippen LogP contribution is -2.14. The molecule has 14 heavy (non-hydrogen) atoms. The molecule has 0 radical (unpaired) electrons. The van der Waals surface area contributed by atoms with Gasteiger partial charge < -0.3 is 10.2 Å². The summed E-state index contributed by atoms with van der Waals surface area (Å²) in [6.45, 7) is 0. The predicted octanol–water partition coefficient (Wildman–Crippen LogP) is 1.74. The molecule has 0 heterocycles. The van der Waals surface area contributed by atoms with E-state index in [4.69, 9.17) is 21.8 Å². The molecule has 0 aliphatic rings. The fourth-order valence-electron chi connectivity index (χ4n) is 0.938. The summed E-state index contributed by atoms with van der Waals surface area (Å²) in [7, 11) is 0. The van der Waals surface area contributed by atoms with E-state index in [2.05, 4.69) is 0 Å². The number of aliphatic carboxylic acids is 1. The molecule has 1 aromatic rings. The Morgan fingerprint density at radius 1 is 1.36 bits per heavy atom. The van der Waals surface area contributed by atoms with Crippen molar-refractivity contribution in [1.82, 2.24) is 0 Å². The molecule has 0 aliphatic carbocycles. The molecule has 2 N–H and O–H groups in total. The molecule has 6 heteroatoms. The van der Waals surface area contributed by atoms with Gasteiger partial charge in [0.2, 0.25) is 0 Å². The summed E-state index contributed by atoms with van der Waals surface area (Å²) in [5, 5.41) is 17.1. The first-order valence-electron chi connectivity index (χ1n) is 3.48. The summed E-state index contributed by atoms with van der Waals surface area (Å²) >= 11 is 5.30. The average molecular weight is 223 g/mol. The lowest BCUT2D eigenvalue weighted by Gasteiger charge is -2.08. The van der Waals surface area contributed by atoms with Crippen molar-refractivity contribution in [3.8, 4) is 0 Å². The van der Waals surface area contributed by atoms with E-state index in [0.29, 0.717) is 0 Å². The third-order valence-corrected chi connectivity index (χ3v) is 1.77. The third-order valence-electron chi connectivity index (χ3n) is 1.55. The Kier molecular flexibility index (Phi) is 3.03. The maximum atomic E-state index is 13.0. The van der Waals surface area contributed by atoms with Crippen LogP contribution in [0.25, 0.3) is 0 Å². The second kappa shape index (κ2) is 3.89. The van der Waals surface area contributed by atoms with Crippen LogP contribution < -0.4 is 0 Å². The molecular weight excluding hydrogens is 218 g/mol. The van der Waals surface area contributed by atoms with Crippen molar-refractivity contribution in [2.75, 3.05) is 0 Å². The van der Waals surface area contributed by atoms with E-state index < -0.39 is 29.3 Å². The monoisotopic (exact) mass is 222 g/mol. The fraction of sp³-hybridized carbons (Fsp3) is 0.125. The molecule has 0 bridgehead atoms. The maximum Gasteiger partial charge on any atom is 0.337 e. The quantitative estimate of drug-likeness (QED) is 0.801. The van der Waals surface area contributed by atoms with Gasteiger partial charge >= 0.3 is 5.97 Å². The van der Waals surface area contributed by atoms with E-state index in [0.717, 1.165) is 12.1 Å². The summed E-state index contributed by atoms with van der Waals surface area (Å²) < 4.78 is 25.9. The molecule has 1 aromatic carbocycles. The van der Waals surface area contributed by atoms with Gasteiger partial charge in [-0.2, -0.15) is 0 Å². The Balaban J connectivity index is 3.27. The van der Waals surface area contributed by atoms with Gasteiger partial charge in [-0.05, 0) is 12.1 Å². The van der Waals surface area contributed by atoms with Crippen molar-refractivity contribution >= 4 is 17.6 Å². The molecule has 0 aromatic heterocycles. The minimum absolute atomic E-state index is 0.207. The van der Waals surface area contributed by atoms with Gasteiger partial charge in [-0.1, -0.05) is 11.6 Å². The highest BCUT2D eigenvalue weighted by molar-refractivity contribution is 6.30. The molecular formula is C8H5ClF2O3. The fourth-order valence-corrected chi connectivity index (χ4v) is 1.13. The zero-order valence-electron chi connectivity index (χ0n) is 6.67. The highest BCUT2D eigenvalue weighted by atomic mass is 35.5. The largest absolute Gasteiger partial charge is 0.479 e. The molecule has 0 amide bonds. The Morgan fingerprint density at radius 3 is 2.14 bits per heavy atom. The van der Waals surface area contributed by atoms with Gasteiger partial charge in [0.1, 0.15) is 11.6 Å². The van der Waals surface area contributed by atoms with E-state index in [-0.39, 0.29) is 5.02 Å². The first-order chi connectivity index (χ1) is 6.43. The van der Waals surface area contributed by atoms with Crippen LogP contribution in [0.3, 0.4) is 0 Å². The Labute approximate surface area is 82.5 Å². The van der Waals surface area contributed by atoms with Crippen LogP contribution in [0.4, 0.5) is 8.78 Å². The summed E-state index contributed by atoms with van der Waals surface area (Å²) in [6.07, 6.45) is -2.23. The normalized spacial score (nSPS) is 12.6. The van der Waals surface area contributed by atoms with Gasteiger partial charge in [-0.25, -0.2) is 13.6 Å². The second-order valence-corrected chi connectivity index (χ2v) is 2.96. The topological polar surface area (TPSA) is 57.5 Å². The number of carbonyl (C=O) groups is 1. The number of aliphatic hydroxyl groups excluding tert-OH is 1. The Bertz CT molecular complexity index is 358. The summed E-state index contributed by atoms with van der Waals surface area (Å²) in [5.41, 5.74) is -0.915. The first kappa shape index (κ1) is 10.9. The van der Waals surface area contributed by atoms with E-state index >= 15 is 0 Å². The summed E-state index contributed by atoms with van der Waals surface area (Å²) in [6, 6.07) is 1.46. The van der Waals surface area contributed by atoms with Gasteiger partial charge in [-0.15, -0.1) is 0 Å². The minimum atomic E-state index is -2.23. The van der Waals surface area contributed by atoms with Gasteiger partial charge in [0.25, 0.3) is 0 Å². The van der Waals surface area contributed by atoms with E-state index in [9.17, 15) is 13.6 Å². The summed E-state index contributed by atoms with van der Waals surface area (Å²) in [4.78, 5) is 10.3. The van der Waals surface area contributed by atoms with Gasteiger partial charge in [0, 0.05) is 5.02 Å². The smallest absolute Gasteiger partial charge is 0.337 e. The molecule has 1 rings (SSSR count). The molecule has 0 spiro atoms.